The van der Waals surface area contributed by atoms with E-state index in [2.05, 4.69) is 22.4 Å². The number of rotatable bonds is 3. The Morgan fingerprint density at radius 3 is 2.82 bits per heavy atom. The van der Waals surface area contributed by atoms with Crippen molar-refractivity contribution in [2.24, 2.45) is 16.6 Å². The number of hydrogen-bond acceptors (Lipinski definition) is 3. The van der Waals surface area contributed by atoms with Crippen LogP contribution >= 0.6 is 24.0 Å². The van der Waals surface area contributed by atoms with Gasteiger partial charge in [0.15, 0.2) is 15.8 Å². The Bertz CT molecular complexity index is 673. The van der Waals surface area contributed by atoms with Gasteiger partial charge in [0.05, 0.1) is 11.5 Å². The predicted molar refractivity (Wildman–Crippen MR) is 101 cm³/mol. The minimum absolute atomic E-state index is 0. The molecule has 0 saturated carbocycles. The Morgan fingerprint density at radius 1 is 1.32 bits per heavy atom. The van der Waals surface area contributed by atoms with E-state index in [0.29, 0.717) is 18.9 Å². The molecule has 1 aliphatic carbocycles. The molecule has 3 N–H and O–H groups in total. The van der Waals surface area contributed by atoms with E-state index in [4.69, 9.17) is 5.73 Å². The van der Waals surface area contributed by atoms with E-state index in [9.17, 15) is 8.42 Å². The number of guanidine groups is 1. The van der Waals surface area contributed by atoms with Crippen molar-refractivity contribution in [3.05, 3.63) is 29.3 Å². The number of aryl methyl sites for hydroxylation is 2. The van der Waals surface area contributed by atoms with Gasteiger partial charge in [0, 0.05) is 12.2 Å². The zero-order valence-electron chi connectivity index (χ0n) is 12.4. The molecule has 5 nitrogen and oxygen atoms in total. The molecule has 1 unspecified atom stereocenters. The molecule has 1 saturated heterocycles. The fourth-order valence-corrected chi connectivity index (χ4v) is 4.93. The minimum Gasteiger partial charge on any atom is -0.370 e. The highest BCUT2D eigenvalue weighted by Crippen LogP contribution is 2.24. The normalized spacial score (nSPS) is 22.9. The smallest absolute Gasteiger partial charge is 0.193 e. The molecular formula is C15H22IN3O2S. The van der Waals surface area contributed by atoms with Crippen LogP contribution in [0.2, 0.25) is 0 Å². The Labute approximate surface area is 148 Å². The molecule has 1 fully saturated rings. The van der Waals surface area contributed by atoms with E-state index in [1.54, 1.807) is 0 Å². The highest BCUT2D eigenvalue weighted by molar-refractivity contribution is 14.0. The van der Waals surface area contributed by atoms with Gasteiger partial charge in [-0.05, 0) is 54.9 Å². The number of halogens is 1. The number of nitrogens with two attached hydrogens (primary N) is 1. The van der Waals surface area contributed by atoms with Crippen molar-refractivity contribution in [2.45, 2.75) is 25.7 Å². The molecular weight excluding hydrogens is 413 g/mol. The molecule has 0 bridgehead atoms. The first-order valence-corrected chi connectivity index (χ1v) is 9.23. The van der Waals surface area contributed by atoms with Crippen molar-refractivity contribution in [2.75, 3.05) is 23.4 Å². The van der Waals surface area contributed by atoms with Crippen LogP contribution in [0.25, 0.3) is 0 Å². The number of nitrogens with zero attached hydrogens (tertiary/aromatic N) is 1. The van der Waals surface area contributed by atoms with Gasteiger partial charge >= 0.3 is 0 Å². The van der Waals surface area contributed by atoms with Crippen molar-refractivity contribution in [3.63, 3.8) is 0 Å². The Balaban J connectivity index is 0.00000176. The molecule has 7 heteroatoms. The van der Waals surface area contributed by atoms with Crippen LogP contribution in [-0.2, 0) is 22.7 Å². The van der Waals surface area contributed by atoms with E-state index in [-0.39, 0.29) is 41.4 Å². The maximum absolute atomic E-state index is 11.4. The van der Waals surface area contributed by atoms with Crippen molar-refractivity contribution >= 4 is 45.5 Å². The van der Waals surface area contributed by atoms with E-state index in [0.717, 1.165) is 18.5 Å². The van der Waals surface area contributed by atoms with Crippen LogP contribution in [-0.4, -0.2) is 32.4 Å². The average Bonchev–Trinajstić information content (AvgIpc) is 3.02. The lowest BCUT2D eigenvalue weighted by Gasteiger charge is -2.09. The molecule has 0 radical (unpaired) electrons. The van der Waals surface area contributed by atoms with Gasteiger partial charge in [-0.1, -0.05) is 6.07 Å². The first-order valence-electron chi connectivity index (χ1n) is 7.41. The number of aliphatic imine (C=N–C) groups is 1. The van der Waals surface area contributed by atoms with Gasteiger partial charge in [-0.25, -0.2) is 8.42 Å². The number of benzene rings is 1. The van der Waals surface area contributed by atoms with Gasteiger partial charge < -0.3 is 11.1 Å². The summed E-state index contributed by atoms with van der Waals surface area (Å²) in [6.45, 7) is 0.475. The molecule has 0 amide bonds. The Hall–Kier alpha value is -0.830. The van der Waals surface area contributed by atoms with Gasteiger partial charge in [0.1, 0.15) is 0 Å². The summed E-state index contributed by atoms with van der Waals surface area (Å²) in [5, 5.41) is 3.09. The topological polar surface area (TPSA) is 84.5 Å². The van der Waals surface area contributed by atoms with Crippen LogP contribution in [0.1, 0.15) is 24.0 Å². The van der Waals surface area contributed by atoms with Crippen LogP contribution in [0.5, 0.6) is 0 Å². The summed E-state index contributed by atoms with van der Waals surface area (Å²) < 4.78 is 22.8. The maximum Gasteiger partial charge on any atom is 0.193 e. The SMILES string of the molecule is I.NC(=NCC1CCS(=O)(=O)C1)Nc1ccc2c(c1)CCC2. The summed E-state index contributed by atoms with van der Waals surface area (Å²) in [6.07, 6.45) is 4.20. The first-order chi connectivity index (χ1) is 10.0. The largest absolute Gasteiger partial charge is 0.370 e. The summed E-state index contributed by atoms with van der Waals surface area (Å²) in [4.78, 5) is 4.28. The lowest BCUT2D eigenvalue weighted by atomic mass is 10.1. The lowest BCUT2D eigenvalue weighted by molar-refractivity contribution is 0.591. The monoisotopic (exact) mass is 435 g/mol. The summed E-state index contributed by atoms with van der Waals surface area (Å²) in [7, 11) is -2.84. The third-order valence-electron chi connectivity index (χ3n) is 4.22. The number of sulfone groups is 1. The number of hydrogen-bond donors (Lipinski definition) is 2. The fourth-order valence-electron chi connectivity index (χ4n) is 3.08. The van der Waals surface area contributed by atoms with E-state index >= 15 is 0 Å². The number of anilines is 1. The zero-order valence-corrected chi connectivity index (χ0v) is 15.6. The van der Waals surface area contributed by atoms with Crippen LogP contribution in [0.15, 0.2) is 23.2 Å². The second-order valence-corrected chi connectivity index (χ2v) is 8.19. The molecule has 122 valence electrons. The minimum atomic E-state index is -2.84. The van der Waals surface area contributed by atoms with E-state index < -0.39 is 9.84 Å². The van der Waals surface area contributed by atoms with E-state index in [1.165, 1.54) is 17.5 Å². The van der Waals surface area contributed by atoms with Crippen molar-refractivity contribution in [1.82, 2.24) is 0 Å². The van der Waals surface area contributed by atoms with Crippen LogP contribution in [0, 0.1) is 5.92 Å². The Kier molecular flexibility index (Phi) is 5.70. The highest BCUT2D eigenvalue weighted by Gasteiger charge is 2.27. The fraction of sp³-hybridized carbons (Fsp3) is 0.533. The third kappa shape index (κ3) is 4.34. The van der Waals surface area contributed by atoms with E-state index in [1.807, 2.05) is 6.07 Å². The second kappa shape index (κ2) is 7.16. The summed E-state index contributed by atoms with van der Waals surface area (Å²) in [6, 6.07) is 6.29. The third-order valence-corrected chi connectivity index (χ3v) is 6.05. The van der Waals surface area contributed by atoms with Crippen LogP contribution in [0.4, 0.5) is 5.69 Å². The molecule has 1 heterocycles. The van der Waals surface area contributed by atoms with Gasteiger partial charge in [0.2, 0.25) is 0 Å². The predicted octanol–water partition coefficient (Wildman–Crippen LogP) is 1.95. The molecule has 1 aromatic carbocycles. The molecule has 1 atom stereocenters. The van der Waals surface area contributed by atoms with Gasteiger partial charge in [-0.15, -0.1) is 24.0 Å². The zero-order chi connectivity index (χ0) is 14.9. The second-order valence-electron chi connectivity index (χ2n) is 5.96. The molecule has 3 rings (SSSR count). The van der Waals surface area contributed by atoms with Gasteiger partial charge in [0.25, 0.3) is 0 Å². The molecule has 22 heavy (non-hydrogen) atoms. The van der Waals surface area contributed by atoms with Crippen molar-refractivity contribution < 1.29 is 8.42 Å². The lowest BCUT2D eigenvalue weighted by Crippen LogP contribution is -2.24. The molecule has 2 aliphatic rings. The Morgan fingerprint density at radius 2 is 2.09 bits per heavy atom. The number of nitrogens with one attached hydrogen (secondary N) is 1. The summed E-state index contributed by atoms with van der Waals surface area (Å²) in [5.74, 6) is 0.987. The maximum atomic E-state index is 11.4. The van der Waals surface area contributed by atoms with Crippen LogP contribution < -0.4 is 11.1 Å². The van der Waals surface area contributed by atoms with Crippen LogP contribution in [0.3, 0.4) is 0 Å². The quantitative estimate of drug-likeness (QED) is 0.432. The number of fused-ring (bicyclic) bond motifs is 1. The van der Waals surface area contributed by atoms with Crippen molar-refractivity contribution in [1.29, 1.82) is 0 Å². The molecule has 0 aromatic heterocycles. The average molecular weight is 435 g/mol. The molecule has 1 aliphatic heterocycles. The van der Waals surface area contributed by atoms with Crippen molar-refractivity contribution in [3.8, 4) is 0 Å². The summed E-state index contributed by atoms with van der Waals surface area (Å²) >= 11 is 0. The summed E-state index contributed by atoms with van der Waals surface area (Å²) in [5.41, 5.74) is 9.65. The van der Waals surface area contributed by atoms with Gasteiger partial charge in [-0.2, -0.15) is 0 Å². The highest BCUT2D eigenvalue weighted by atomic mass is 127. The standard InChI is InChI=1S/C15H21N3O2S.HI/c16-15(17-9-11-6-7-21(19,20)10-11)18-14-5-4-12-2-1-3-13(12)8-14;/h4-5,8,11H,1-3,6-7,9-10H2,(H3,16,17,18);1H. The van der Waals surface area contributed by atoms with Gasteiger partial charge in [-0.3, -0.25) is 4.99 Å². The molecule has 1 aromatic rings. The first kappa shape index (κ1) is 17.5. The molecule has 0 spiro atoms.